The summed E-state index contributed by atoms with van der Waals surface area (Å²) in [5.41, 5.74) is -0.160. The van der Waals surface area contributed by atoms with Crippen LogP contribution in [0.3, 0.4) is 0 Å². The lowest BCUT2D eigenvalue weighted by Crippen LogP contribution is -2.38. The molecule has 1 aromatic carbocycles. The van der Waals surface area contributed by atoms with E-state index in [1.165, 1.54) is 6.07 Å². The van der Waals surface area contributed by atoms with Crippen LogP contribution >= 0.6 is 24.0 Å². The summed E-state index contributed by atoms with van der Waals surface area (Å²) in [6, 6.07) is 5.21. The smallest absolute Gasteiger partial charge is 0.357 e. The molecule has 0 aliphatic rings. The second-order valence-electron chi connectivity index (χ2n) is 5.61. The number of nitrogens with zero attached hydrogens (tertiary/aromatic N) is 4. The van der Waals surface area contributed by atoms with E-state index < -0.39 is 11.7 Å². The molecule has 0 aliphatic heterocycles. The van der Waals surface area contributed by atoms with Gasteiger partial charge in [0.05, 0.1) is 12.1 Å². The van der Waals surface area contributed by atoms with Crippen LogP contribution in [0.2, 0.25) is 0 Å². The predicted molar refractivity (Wildman–Crippen MR) is 109 cm³/mol. The average molecular weight is 496 g/mol. The van der Waals surface area contributed by atoms with Gasteiger partial charge < -0.3 is 15.2 Å². The van der Waals surface area contributed by atoms with Crippen LogP contribution in [0.5, 0.6) is 0 Å². The Labute approximate surface area is 173 Å². The van der Waals surface area contributed by atoms with Crippen molar-refractivity contribution in [3.63, 3.8) is 0 Å². The Morgan fingerprint density at radius 1 is 1.22 bits per heavy atom. The summed E-state index contributed by atoms with van der Waals surface area (Å²) in [4.78, 5) is 4.35. The highest BCUT2D eigenvalue weighted by Crippen LogP contribution is 2.29. The molecule has 0 fully saturated rings. The van der Waals surface area contributed by atoms with Crippen LogP contribution in [-0.4, -0.2) is 33.8 Å². The standard InChI is InChI=1S/C17H23F3N6.HI/c1-3-15-25-24-12-26(15)9-8-22-16(21-4-2)23-11-13-6-5-7-14(10-13)17(18,19)20;/h5-7,10,12H,3-4,8-9,11H2,1-2H3,(H2,21,22,23);1H. The van der Waals surface area contributed by atoms with E-state index in [2.05, 4.69) is 25.8 Å². The summed E-state index contributed by atoms with van der Waals surface area (Å²) in [6.07, 6.45) is -1.88. The number of guanidine groups is 1. The largest absolute Gasteiger partial charge is 0.416 e. The van der Waals surface area contributed by atoms with Gasteiger partial charge in [0.2, 0.25) is 0 Å². The third kappa shape index (κ3) is 7.35. The molecule has 2 N–H and O–H groups in total. The first-order valence-electron chi connectivity index (χ1n) is 8.49. The van der Waals surface area contributed by atoms with Crippen LogP contribution in [0.25, 0.3) is 0 Å². The van der Waals surface area contributed by atoms with E-state index in [1.54, 1.807) is 12.4 Å². The number of aromatic nitrogens is 3. The van der Waals surface area contributed by atoms with Crippen molar-refractivity contribution in [3.05, 3.63) is 47.5 Å². The Morgan fingerprint density at radius 2 is 2.00 bits per heavy atom. The fraction of sp³-hybridized carbons (Fsp3) is 0.471. The Balaban J connectivity index is 0.00000364. The van der Waals surface area contributed by atoms with Crippen LogP contribution in [0, 0.1) is 0 Å². The van der Waals surface area contributed by atoms with Gasteiger partial charge in [-0.3, -0.25) is 0 Å². The van der Waals surface area contributed by atoms with Gasteiger partial charge in [0.15, 0.2) is 5.96 Å². The van der Waals surface area contributed by atoms with Gasteiger partial charge in [-0.15, -0.1) is 34.2 Å². The summed E-state index contributed by atoms with van der Waals surface area (Å²) in [5.74, 6) is 1.45. The molecule has 0 saturated heterocycles. The molecule has 0 spiro atoms. The molecule has 0 atom stereocenters. The molecule has 27 heavy (non-hydrogen) atoms. The zero-order valence-electron chi connectivity index (χ0n) is 15.3. The highest BCUT2D eigenvalue weighted by Gasteiger charge is 2.30. The van der Waals surface area contributed by atoms with Gasteiger partial charge >= 0.3 is 6.18 Å². The van der Waals surface area contributed by atoms with Crippen molar-refractivity contribution in [3.8, 4) is 0 Å². The summed E-state index contributed by atoms with van der Waals surface area (Å²) in [5, 5.41) is 14.1. The maximum atomic E-state index is 12.8. The van der Waals surface area contributed by atoms with Crippen molar-refractivity contribution in [2.24, 2.45) is 4.99 Å². The molecule has 0 radical (unpaired) electrons. The Morgan fingerprint density at radius 3 is 2.67 bits per heavy atom. The fourth-order valence-electron chi connectivity index (χ4n) is 2.39. The first kappa shape index (κ1) is 23.2. The Kier molecular flexibility index (Phi) is 9.53. The van der Waals surface area contributed by atoms with Gasteiger partial charge in [-0.2, -0.15) is 13.2 Å². The number of rotatable bonds is 7. The van der Waals surface area contributed by atoms with Crippen molar-refractivity contribution >= 4 is 29.9 Å². The fourth-order valence-corrected chi connectivity index (χ4v) is 2.39. The molecule has 10 heteroatoms. The zero-order chi connectivity index (χ0) is 19.0. The molecule has 0 saturated carbocycles. The Bertz CT molecular complexity index is 729. The zero-order valence-corrected chi connectivity index (χ0v) is 17.6. The lowest BCUT2D eigenvalue weighted by molar-refractivity contribution is -0.137. The van der Waals surface area contributed by atoms with Crippen molar-refractivity contribution < 1.29 is 13.2 Å². The number of alkyl halides is 3. The lowest BCUT2D eigenvalue weighted by atomic mass is 10.1. The molecule has 6 nitrogen and oxygen atoms in total. The van der Waals surface area contributed by atoms with E-state index in [-0.39, 0.29) is 30.5 Å². The summed E-state index contributed by atoms with van der Waals surface area (Å²) >= 11 is 0. The molecular weight excluding hydrogens is 472 g/mol. The first-order valence-corrected chi connectivity index (χ1v) is 8.49. The van der Waals surface area contributed by atoms with Crippen molar-refractivity contribution in [2.45, 2.75) is 39.5 Å². The number of aryl methyl sites for hydroxylation is 1. The number of halogens is 4. The SMILES string of the molecule is CCNC(=NCc1cccc(C(F)(F)F)c1)NCCn1cnnc1CC.I. The average Bonchev–Trinajstić information content (AvgIpc) is 3.06. The molecular formula is C17H24F3IN6. The van der Waals surface area contributed by atoms with E-state index in [1.807, 2.05) is 18.4 Å². The molecule has 0 amide bonds. The Hall–Kier alpha value is -1.85. The molecule has 0 aliphatic carbocycles. The minimum atomic E-state index is -4.35. The number of hydrogen-bond acceptors (Lipinski definition) is 3. The van der Waals surface area contributed by atoms with Gasteiger partial charge in [-0.25, -0.2) is 4.99 Å². The van der Waals surface area contributed by atoms with E-state index in [9.17, 15) is 13.2 Å². The summed E-state index contributed by atoms with van der Waals surface area (Å²) in [6.45, 7) is 6.02. The molecule has 1 aromatic heterocycles. The molecule has 2 rings (SSSR count). The van der Waals surface area contributed by atoms with Crippen molar-refractivity contribution in [1.82, 2.24) is 25.4 Å². The highest BCUT2D eigenvalue weighted by atomic mass is 127. The molecule has 150 valence electrons. The third-order valence-electron chi connectivity index (χ3n) is 3.68. The van der Waals surface area contributed by atoms with Crippen LogP contribution < -0.4 is 10.6 Å². The van der Waals surface area contributed by atoms with Gasteiger partial charge in [0, 0.05) is 26.1 Å². The number of hydrogen-bond donors (Lipinski definition) is 2. The summed E-state index contributed by atoms with van der Waals surface area (Å²) in [7, 11) is 0. The molecule has 0 bridgehead atoms. The van der Waals surface area contributed by atoms with Crippen LogP contribution in [0.1, 0.15) is 30.8 Å². The van der Waals surface area contributed by atoms with Crippen molar-refractivity contribution in [1.29, 1.82) is 0 Å². The maximum Gasteiger partial charge on any atom is 0.416 e. The molecule has 2 aromatic rings. The first-order chi connectivity index (χ1) is 12.4. The van der Waals surface area contributed by atoms with Gasteiger partial charge in [0.25, 0.3) is 0 Å². The lowest BCUT2D eigenvalue weighted by Gasteiger charge is -2.12. The second kappa shape index (κ2) is 11.1. The minimum absolute atomic E-state index is 0. The van der Waals surface area contributed by atoms with Gasteiger partial charge in [-0.05, 0) is 24.6 Å². The van der Waals surface area contributed by atoms with E-state index >= 15 is 0 Å². The molecule has 1 heterocycles. The third-order valence-corrected chi connectivity index (χ3v) is 3.68. The number of benzene rings is 1. The van der Waals surface area contributed by atoms with E-state index in [4.69, 9.17) is 0 Å². The van der Waals surface area contributed by atoms with E-state index in [0.717, 1.165) is 24.4 Å². The monoisotopic (exact) mass is 496 g/mol. The topological polar surface area (TPSA) is 67.1 Å². The molecule has 0 unspecified atom stereocenters. The summed E-state index contributed by atoms with van der Waals surface area (Å²) < 4.78 is 40.3. The number of nitrogens with one attached hydrogen (secondary N) is 2. The normalized spacial score (nSPS) is 11.8. The highest BCUT2D eigenvalue weighted by molar-refractivity contribution is 14.0. The van der Waals surface area contributed by atoms with Gasteiger partial charge in [0.1, 0.15) is 12.2 Å². The predicted octanol–water partition coefficient (Wildman–Crippen LogP) is 3.23. The number of aliphatic imine (C=N–C) groups is 1. The second-order valence-corrected chi connectivity index (χ2v) is 5.61. The quantitative estimate of drug-likeness (QED) is 0.351. The van der Waals surface area contributed by atoms with Crippen LogP contribution in [0.4, 0.5) is 13.2 Å². The van der Waals surface area contributed by atoms with E-state index in [0.29, 0.717) is 31.2 Å². The maximum absolute atomic E-state index is 12.8. The van der Waals surface area contributed by atoms with Crippen LogP contribution in [0.15, 0.2) is 35.6 Å². The van der Waals surface area contributed by atoms with Gasteiger partial charge in [-0.1, -0.05) is 19.1 Å². The minimum Gasteiger partial charge on any atom is -0.357 e. The van der Waals surface area contributed by atoms with Crippen LogP contribution in [-0.2, 0) is 25.7 Å². The van der Waals surface area contributed by atoms with Crippen molar-refractivity contribution in [2.75, 3.05) is 13.1 Å².